The van der Waals surface area contributed by atoms with Gasteiger partial charge in [0.1, 0.15) is 5.82 Å². The number of nitrogens with two attached hydrogens (primary N) is 1. The molecule has 3 N–H and O–H groups in total. The van der Waals surface area contributed by atoms with Gasteiger partial charge in [-0.25, -0.2) is 4.39 Å². The molecule has 1 fully saturated rings. The lowest BCUT2D eigenvalue weighted by molar-refractivity contribution is 0.0117. The Hall–Kier alpha value is -1.62. The van der Waals surface area contributed by atoms with Crippen molar-refractivity contribution in [3.8, 4) is 0 Å². The van der Waals surface area contributed by atoms with Crippen LogP contribution in [0.15, 0.2) is 12.1 Å². The molecule has 1 atom stereocenters. The van der Waals surface area contributed by atoms with Crippen molar-refractivity contribution in [3.63, 3.8) is 0 Å². The molecule has 4 nitrogen and oxygen atoms in total. The lowest BCUT2D eigenvalue weighted by atomic mass is 10.1. The second-order valence-corrected chi connectivity index (χ2v) is 5.21. The van der Waals surface area contributed by atoms with Crippen LogP contribution in [0.5, 0.6) is 0 Å². The maximum Gasteiger partial charge on any atom is 0.251 e. The van der Waals surface area contributed by atoms with Gasteiger partial charge >= 0.3 is 0 Å². The monoisotopic (exact) mass is 280 g/mol. The highest BCUT2D eigenvalue weighted by molar-refractivity contribution is 5.95. The molecule has 1 amide bonds. The normalized spacial score (nSPS) is 18.8. The van der Waals surface area contributed by atoms with Gasteiger partial charge < -0.3 is 15.8 Å². The average molecular weight is 280 g/mol. The van der Waals surface area contributed by atoms with Gasteiger partial charge in [-0.3, -0.25) is 4.79 Å². The van der Waals surface area contributed by atoms with Gasteiger partial charge in [0.15, 0.2) is 0 Å². The fourth-order valence-corrected chi connectivity index (χ4v) is 2.32. The number of hydrogen-bond donors (Lipinski definition) is 2. The number of hydrogen-bond acceptors (Lipinski definition) is 3. The van der Waals surface area contributed by atoms with Gasteiger partial charge in [0.2, 0.25) is 0 Å². The van der Waals surface area contributed by atoms with E-state index in [-0.39, 0.29) is 17.6 Å². The molecule has 1 aliphatic heterocycles. The smallest absolute Gasteiger partial charge is 0.251 e. The minimum absolute atomic E-state index is 0.226. The van der Waals surface area contributed by atoms with E-state index in [2.05, 4.69) is 5.32 Å². The first kappa shape index (κ1) is 14.8. The Labute approximate surface area is 118 Å². The van der Waals surface area contributed by atoms with Gasteiger partial charge in [0.25, 0.3) is 5.91 Å². The standard InChI is InChI=1S/C15H21FN2O2/c1-10-13(16)8-11(9-14(10)17)15(19)18-6-5-12-4-2-3-7-20-12/h8-9,12H,2-7,17H2,1H3,(H,18,19). The van der Waals surface area contributed by atoms with Crippen molar-refractivity contribution in [2.75, 3.05) is 18.9 Å². The summed E-state index contributed by atoms with van der Waals surface area (Å²) in [5, 5.41) is 2.78. The molecule has 2 rings (SSSR count). The highest BCUT2D eigenvalue weighted by Gasteiger charge is 2.15. The van der Waals surface area contributed by atoms with Crippen LogP contribution in [0.1, 0.15) is 41.6 Å². The molecule has 0 saturated carbocycles. The van der Waals surface area contributed by atoms with Gasteiger partial charge in [0, 0.05) is 30.0 Å². The quantitative estimate of drug-likeness (QED) is 0.832. The van der Waals surface area contributed by atoms with Crippen molar-refractivity contribution in [2.45, 2.75) is 38.7 Å². The van der Waals surface area contributed by atoms with E-state index in [4.69, 9.17) is 10.5 Å². The number of carbonyl (C=O) groups excluding carboxylic acids is 1. The number of benzene rings is 1. The van der Waals surface area contributed by atoms with Gasteiger partial charge in [0.05, 0.1) is 6.10 Å². The number of carbonyl (C=O) groups is 1. The Balaban J connectivity index is 1.85. The molecule has 0 aliphatic carbocycles. The topological polar surface area (TPSA) is 64.4 Å². The molecule has 1 unspecified atom stereocenters. The second kappa shape index (κ2) is 6.70. The third kappa shape index (κ3) is 3.70. The van der Waals surface area contributed by atoms with Gasteiger partial charge in [-0.05, 0) is 44.7 Å². The zero-order valence-electron chi connectivity index (χ0n) is 11.7. The Bertz CT molecular complexity index is 462. The van der Waals surface area contributed by atoms with Gasteiger partial charge in [-0.2, -0.15) is 0 Å². The number of amides is 1. The first-order chi connectivity index (χ1) is 9.58. The van der Waals surface area contributed by atoms with E-state index in [1.165, 1.54) is 18.6 Å². The lowest BCUT2D eigenvalue weighted by Gasteiger charge is -2.22. The van der Waals surface area contributed by atoms with E-state index < -0.39 is 5.82 Å². The molecule has 1 aliphatic rings. The number of nitrogen functional groups attached to an aromatic ring is 1. The zero-order valence-corrected chi connectivity index (χ0v) is 11.7. The minimum atomic E-state index is -0.453. The van der Waals surface area contributed by atoms with E-state index in [0.29, 0.717) is 17.8 Å². The predicted molar refractivity (Wildman–Crippen MR) is 76.1 cm³/mol. The van der Waals surface area contributed by atoms with Crippen LogP contribution in [0.2, 0.25) is 0 Å². The van der Waals surface area contributed by atoms with Crippen molar-refractivity contribution in [2.24, 2.45) is 0 Å². The molecule has 1 heterocycles. The highest BCUT2D eigenvalue weighted by Crippen LogP contribution is 2.18. The van der Waals surface area contributed by atoms with Crippen molar-refractivity contribution in [1.82, 2.24) is 5.32 Å². The molecule has 20 heavy (non-hydrogen) atoms. The molecular formula is C15H21FN2O2. The number of anilines is 1. The van der Waals surface area contributed by atoms with Crippen LogP contribution in [-0.2, 0) is 4.74 Å². The number of nitrogens with one attached hydrogen (secondary N) is 1. The minimum Gasteiger partial charge on any atom is -0.398 e. The fourth-order valence-electron chi connectivity index (χ4n) is 2.32. The molecule has 1 saturated heterocycles. The molecule has 5 heteroatoms. The van der Waals surface area contributed by atoms with Crippen LogP contribution in [0.25, 0.3) is 0 Å². The molecule has 0 spiro atoms. The second-order valence-electron chi connectivity index (χ2n) is 5.21. The summed E-state index contributed by atoms with van der Waals surface area (Å²) in [6, 6.07) is 2.73. The number of halogens is 1. The van der Waals surface area contributed by atoms with Crippen LogP contribution >= 0.6 is 0 Å². The van der Waals surface area contributed by atoms with E-state index in [0.717, 1.165) is 25.9 Å². The van der Waals surface area contributed by atoms with Crippen molar-refractivity contribution in [3.05, 3.63) is 29.1 Å². The van der Waals surface area contributed by atoms with Crippen LogP contribution in [0, 0.1) is 12.7 Å². The lowest BCUT2D eigenvalue weighted by Crippen LogP contribution is -2.29. The van der Waals surface area contributed by atoms with Crippen LogP contribution in [0.4, 0.5) is 10.1 Å². The Kier molecular flexibility index (Phi) is 4.95. The Morgan fingerprint density at radius 3 is 2.95 bits per heavy atom. The zero-order chi connectivity index (χ0) is 14.5. The summed E-state index contributed by atoms with van der Waals surface area (Å²) in [4.78, 5) is 11.9. The summed E-state index contributed by atoms with van der Waals surface area (Å²) in [6.07, 6.45) is 4.35. The van der Waals surface area contributed by atoms with Crippen LogP contribution in [-0.4, -0.2) is 25.2 Å². The van der Waals surface area contributed by atoms with E-state index in [9.17, 15) is 9.18 Å². The SMILES string of the molecule is Cc1c(N)cc(C(=O)NCCC2CCCCO2)cc1F. The van der Waals surface area contributed by atoms with E-state index >= 15 is 0 Å². The Morgan fingerprint density at radius 1 is 1.50 bits per heavy atom. The summed E-state index contributed by atoms with van der Waals surface area (Å²) in [6.45, 7) is 2.92. The molecule has 0 radical (unpaired) electrons. The summed E-state index contributed by atoms with van der Waals surface area (Å²) in [7, 11) is 0. The highest BCUT2D eigenvalue weighted by atomic mass is 19.1. The molecule has 1 aromatic rings. The summed E-state index contributed by atoms with van der Waals surface area (Å²) in [5.41, 5.74) is 6.59. The van der Waals surface area contributed by atoms with E-state index in [1.54, 1.807) is 6.92 Å². The molecular weight excluding hydrogens is 259 g/mol. The van der Waals surface area contributed by atoms with Crippen molar-refractivity contribution < 1.29 is 13.9 Å². The van der Waals surface area contributed by atoms with Crippen molar-refractivity contribution >= 4 is 11.6 Å². The maximum absolute atomic E-state index is 13.5. The van der Waals surface area contributed by atoms with Crippen LogP contribution < -0.4 is 11.1 Å². The molecule has 0 aromatic heterocycles. The first-order valence-electron chi connectivity index (χ1n) is 7.03. The molecule has 1 aromatic carbocycles. The summed E-state index contributed by atoms with van der Waals surface area (Å²) < 4.78 is 19.1. The third-order valence-electron chi connectivity index (χ3n) is 3.67. The van der Waals surface area contributed by atoms with Crippen molar-refractivity contribution in [1.29, 1.82) is 0 Å². The molecule has 0 bridgehead atoms. The molecule has 110 valence electrons. The third-order valence-corrected chi connectivity index (χ3v) is 3.67. The van der Waals surface area contributed by atoms with Crippen LogP contribution in [0.3, 0.4) is 0 Å². The summed E-state index contributed by atoms with van der Waals surface area (Å²) in [5.74, 6) is -0.753. The van der Waals surface area contributed by atoms with E-state index in [1.807, 2.05) is 0 Å². The summed E-state index contributed by atoms with van der Waals surface area (Å²) >= 11 is 0. The fraction of sp³-hybridized carbons (Fsp3) is 0.533. The number of rotatable bonds is 4. The number of ether oxygens (including phenoxy) is 1. The maximum atomic E-state index is 13.5. The first-order valence-corrected chi connectivity index (χ1v) is 7.03. The Morgan fingerprint density at radius 2 is 2.30 bits per heavy atom. The predicted octanol–water partition coefficient (Wildman–Crippen LogP) is 2.41. The average Bonchev–Trinajstić information content (AvgIpc) is 2.45. The van der Waals surface area contributed by atoms with Gasteiger partial charge in [-0.1, -0.05) is 0 Å². The van der Waals surface area contributed by atoms with Gasteiger partial charge in [-0.15, -0.1) is 0 Å². The largest absolute Gasteiger partial charge is 0.398 e.